The fourth-order valence-corrected chi connectivity index (χ4v) is 5.27. The van der Waals surface area contributed by atoms with Gasteiger partial charge in [0.05, 0.1) is 4.90 Å². The van der Waals surface area contributed by atoms with Gasteiger partial charge >= 0.3 is 5.97 Å². The van der Waals surface area contributed by atoms with Crippen LogP contribution in [0, 0.1) is 5.92 Å². The highest BCUT2D eigenvalue weighted by molar-refractivity contribution is 7.93. The molecule has 2 unspecified atom stereocenters. The van der Waals surface area contributed by atoms with Crippen molar-refractivity contribution in [3.63, 3.8) is 0 Å². The maximum atomic E-state index is 13.0. The Hall–Kier alpha value is -1.62. The summed E-state index contributed by atoms with van der Waals surface area (Å²) in [6.07, 6.45) is 0.538. The van der Waals surface area contributed by atoms with Gasteiger partial charge in [-0.1, -0.05) is 36.3 Å². The molecule has 1 aliphatic carbocycles. The molecule has 0 fully saturated rings. The Labute approximate surface area is 125 Å². The van der Waals surface area contributed by atoms with Crippen LogP contribution in [-0.2, 0) is 14.6 Å². The maximum Gasteiger partial charge on any atom is 0.326 e. The Bertz CT molecular complexity index is 688. The van der Waals surface area contributed by atoms with Gasteiger partial charge in [-0.15, -0.1) is 0 Å². The van der Waals surface area contributed by atoms with Crippen LogP contribution in [0.1, 0.15) is 33.6 Å². The lowest BCUT2D eigenvalue weighted by atomic mass is 9.77. The summed E-state index contributed by atoms with van der Waals surface area (Å²) in [5, 5.41) is 9.76. The third-order valence-electron chi connectivity index (χ3n) is 4.56. The highest BCUT2D eigenvalue weighted by atomic mass is 32.2. The average Bonchev–Trinajstić information content (AvgIpc) is 2.43. The number of sulfone groups is 1. The molecule has 0 saturated carbocycles. The molecule has 1 aromatic rings. The molecule has 0 amide bonds. The monoisotopic (exact) mass is 308 g/mol. The van der Waals surface area contributed by atoms with Crippen molar-refractivity contribution in [1.82, 2.24) is 0 Å². The molecular weight excluding hydrogens is 288 g/mol. The molecule has 1 aliphatic rings. The van der Waals surface area contributed by atoms with Gasteiger partial charge in [-0.3, -0.25) is 4.79 Å². The van der Waals surface area contributed by atoms with Crippen molar-refractivity contribution in [3.8, 4) is 0 Å². The van der Waals surface area contributed by atoms with Crippen molar-refractivity contribution in [1.29, 1.82) is 0 Å². The third kappa shape index (κ3) is 2.29. The Morgan fingerprint density at radius 2 is 1.76 bits per heavy atom. The maximum absolute atomic E-state index is 13.0. The van der Waals surface area contributed by atoms with Crippen LogP contribution in [0.4, 0.5) is 0 Å². The van der Waals surface area contributed by atoms with E-state index in [9.17, 15) is 18.3 Å². The van der Waals surface area contributed by atoms with Gasteiger partial charge in [-0.25, -0.2) is 8.42 Å². The molecule has 2 rings (SSSR count). The van der Waals surface area contributed by atoms with Gasteiger partial charge in [0, 0.05) is 0 Å². The minimum Gasteiger partial charge on any atom is -0.480 e. The molecule has 0 aliphatic heterocycles. The van der Waals surface area contributed by atoms with Crippen molar-refractivity contribution in [2.45, 2.75) is 43.3 Å². The van der Waals surface area contributed by atoms with Gasteiger partial charge < -0.3 is 5.11 Å². The summed E-state index contributed by atoms with van der Waals surface area (Å²) in [5.74, 6) is -1.73. The minimum absolute atomic E-state index is 0.0482. The molecular formula is C16H20O4S. The van der Waals surface area contributed by atoms with E-state index in [2.05, 4.69) is 0 Å². The van der Waals surface area contributed by atoms with Crippen LogP contribution in [0.5, 0.6) is 0 Å². The standard InChI is InChI=1S/C16H20O4S/c1-11-9-13(3)16(15(17)18,10-12(11)2)21(19,20)14-7-5-4-6-8-14/h4-8,13H,9-10H2,1-3H3,(H,17,18). The van der Waals surface area contributed by atoms with E-state index in [0.29, 0.717) is 6.42 Å². The summed E-state index contributed by atoms with van der Waals surface area (Å²) in [4.78, 5) is 12.0. The summed E-state index contributed by atoms with van der Waals surface area (Å²) >= 11 is 0. The predicted molar refractivity (Wildman–Crippen MR) is 80.8 cm³/mol. The van der Waals surface area contributed by atoms with Crippen molar-refractivity contribution in [2.75, 3.05) is 0 Å². The van der Waals surface area contributed by atoms with E-state index in [1.54, 1.807) is 25.1 Å². The van der Waals surface area contributed by atoms with E-state index >= 15 is 0 Å². The smallest absolute Gasteiger partial charge is 0.326 e. The Kier molecular flexibility index (Phi) is 3.97. The largest absolute Gasteiger partial charge is 0.480 e. The highest BCUT2D eigenvalue weighted by Gasteiger charge is 2.57. The SMILES string of the molecule is CC1=C(C)CC(C(=O)O)(S(=O)(=O)c2ccccc2)C(C)C1. The predicted octanol–water partition coefficient (Wildman–Crippen LogP) is 3.05. The first-order valence-corrected chi connectivity index (χ1v) is 8.40. The molecule has 0 saturated heterocycles. The Morgan fingerprint density at radius 1 is 1.19 bits per heavy atom. The second-order valence-corrected chi connectivity index (χ2v) is 8.06. The molecule has 1 N–H and O–H groups in total. The molecule has 114 valence electrons. The summed E-state index contributed by atoms with van der Waals surface area (Å²) in [5.41, 5.74) is 1.94. The average molecular weight is 308 g/mol. The number of hydrogen-bond donors (Lipinski definition) is 1. The van der Waals surface area contributed by atoms with E-state index < -0.39 is 26.5 Å². The van der Waals surface area contributed by atoms with Crippen LogP contribution in [0.15, 0.2) is 46.4 Å². The van der Waals surface area contributed by atoms with Crippen LogP contribution < -0.4 is 0 Å². The minimum atomic E-state index is -3.96. The van der Waals surface area contributed by atoms with Gasteiger partial charge in [-0.05, 0) is 44.7 Å². The van der Waals surface area contributed by atoms with E-state index in [1.807, 2.05) is 13.8 Å². The zero-order chi connectivity index (χ0) is 15.8. The quantitative estimate of drug-likeness (QED) is 0.871. The zero-order valence-electron chi connectivity index (χ0n) is 12.5. The van der Waals surface area contributed by atoms with E-state index in [0.717, 1.165) is 11.1 Å². The molecule has 0 radical (unpaired) electrons. The van der Waals surface area contributed by atoms with E-state index in [1.165, 1.54) is 12.1 Å². The molecule has 2 atom stereocenters. The Balaban J connectivity index is 2.68. The van der Waals surface area contributed by atoms with Gasteiger partial charge in [0.2, 0.25) is 0 Å². The first-order chi connectivity index (χ1) is 9.73. The van der Waals surface area contributed by atoms with Crippen LogP contribution in [0.3, 0.4) is 0 Å². The third-order valence-corrected chi connectivity index (χ3v) is 7.13. The molecule has 0 heterocycles. The van der Waals surface area contributed by atoms with Crippen LogP contribution in [-0.4, -0.2) is 24.2 Å². The number of benzene rings is 1. The molecule has 5 heteroatoms. The molecule has 1 aromatic carbocycles. The van der Waals surface area contributed by atoms with E-state index in [-0.39, 0.29) is 11.3 Å². The number of rotatable bonds is 3. The second-order valence-electron chi connectivity index (χ2n) is 5.85. The lowest BCUT2D eigenvalue weighted by Gasteiger charge is -2.39. The second kappa shape index (κ2) is 5.30. The summed E-state index contributed by atoms with van der Waals surface area (Å²) in [7, 11) is -3.96. The van der Waals surface area contributed by atoms with Crippen molar-refractivity contribution >= 4 is 15.8 Å². The number of aliphatic carboxylic acids is 1. The molecule has 0 aromatic heterocycles. The molecule has 0 bridgehead atoms. The molecule has 0 spiro atoms. The van der Waals surface area contributed by atoms with Crippen LogP contribution in [0.25, 0.3) is 0 Å². The van der Waals surface area contributed by atoms with Crippen LogP contribution >= 0.6 is 0 Å². The number of allylic oxidation sites excluding steroid dienone is 2. The number of carboxylic acids is 1. The molecule has 21 heavy (non-hydrogen) atoms. The van der Waals surface area contributed by atoms with Crippen molar-refractivity contribution < 1.29 is 18.3 Å². The van der Waals surface area contributed by atoms with Gasteiger partial charge in [0.15, 0.2) is 14.6 Å². The van der Waals surface area contributed by atoms with Gasteiger partial charge in [0.25, 0.3) is 0 Å². The topological polar surface area (TPSA) is 71.4 Å². The summed E-state index contributed by atoms with van der Waals surface area (Å²) < 4.78 is 24.2. The number of hydrogen-bond acceptors (Lipinski definition) is 3. The lowest BCUT2D eigenvalue weighted by molar-refractivity contribution is -0.141. The number of carboxylic acid groups (broad SMARTS) is 1. The fraction of sp³-hybridized carbons (Fsp3) is 0.438. The fourth-order valence-electron chi connectivity index (χ4n) is 3.09. The molecule has 4 nitrogen and oxygen atoms in total. The Morgan fingerprint density at radius 3 is 2.29 bits per heavy atom. The lowest BCUT2D eigenvalue weighted by Crippen LogP contribution is -2.53. The highest BCUT2D eigenvalue weighted by Crippen LogP contribution is 2.45. The van der Waals surface area contributed by atoms with Gasteiger partial charge in [-0.2, -0.15) is 0 Å². The van der Waals surface area contributed by atoms with Crippen molar-refractivity contribution in [2.24, 2.45) is 5.92 Å². The van der Waals surface area contributed by atoms with Crippen molar-refractivity contribution in [3.05, 3.63) is 41.5 Å². The normalized spacial score (nSPS) is 26.7. The number of carbonyl (C=O) groups is 1. The first kappa shape index (κ1) is 15.8. The van der Waals surface area contributed by atoms with Gasteiger partial charge in [0.1, 0.15) is 0 Å². The summed E-state index contributed by atoms with van der Waals surface area (Å²) in [6, 6.07) is 7.88. The van der Waals surface area contributed by atoms with Crippen LogP contribution in [0.2, 0.25) is 0 Å². The van der Waals surface area contributed by atoms with E-state index in [4.69, 9.17) is 0 Å². The zero-order valence-corrected chi connectivity index (χ0v) is 13.3. The first-order valence-electron chi connectivity index (χ1n) is 6.91. The summed E-state index contributed by atoms with van der Waals surface area (Å²) in [6.45, 7) is 5.47.